The third-order valence-electron chi connectivity index (χ3n) is 13.0. The fourth-order valence-electron chi connectivity index (χ4n) is 9.48. The molecule has 74 heavy (non-hydrogen) atoms. The van der Waals surface area contributed by atoms with Gasteiger partial charge in [0.25, 0.3) is 0 Å². The van der Waals surface area contributed by atoms with Gasteiger partial charge in [-0.15, -0.1) is 11.3 Å². The Kier molecular flexibility index (Phi) is 18.7. The van der Waals surface area contributed by atoms with Gasteiger partial charge in [-0.3, -0.25) is 24.1 Å². The van der Waals surface area contributed by atoms with Crippen LogP contribution in [0.1, 0.15) is 82.1 Å². The number of alkyl halides is 1. The zero-order valence-corrected chi connectivity index (χ0v) is 43.8. The summed E-state index contributed by atoms with van der Waals surface area (Å²) in [6.07, 6.45) is -0.266. The number of anilines is 1. The molecule has 0 unspecified atom stereocenters. The van der Waals surface area contributed by atoms with Crippen molar-refractivity contribution in [3.05, 3.63) is 106 Å². The van der Waals surface area contributed by atoms with Gasteiger partial charge in [0.2, 0.25) is 23.6 Å². The highest BCUT2D eigenvalue weighted by molar-refractivity contribution is 7.13. The van der Waals surface area contributed by atoms with Crippen molar-refractivity contribution in [1.82, 2.24) is 30.4 Å². The summed E-state index contributed by atoms with van der Waals surface area (Å²) in [5.74, 6) is -3.81. The van der Waals surface area contributed by atoms with Crippen LogP contribution in [0.3, 0.4) is 0 Å². The van der Waals surface area contributed by atoms with Crippen LogP contribution in [0.25, 0.3) is 21.3 Å². The van der Waals surface area contributed by atoms with E-state index in [1.807, 2.05) is 62.4 Å². The quantitative estimate of drug-likeness (QED) is 0.0433. The summed E-state index contributed by atoms with van der Waals surface area (Å²) in [5, 5.41) is 19.6. The van der Waals surface area contributed by atoms with Gasteiger partial charge in [0.15, 0.2) is 0 Å². The monoisotopic (exact) mass is 1050 g/mol. The van der Waals surface area contributed by atoms with Crippen LogP contribution in [0.5, 0.6) is 0 Å². The summed E-state index contributed by atoms with van der Waals surface area (Å²) in [5.41, 5.74) is 4.29. The number of thiazole rings is 1. The van der Waals surface area contributed by atoms with E-state index < -0.39 is 77.2 Å². The van der Waals surface area contributed by atoms with Crippen LogP contribution in [0, 0.1) is 24.0 Å². The van der Waals surface area contributed by atoms with E-state index in [1.165, 1.54) is 18.7 Å². The molecule has 1 saturated heterocycles. The normalized spacial score (nSPS) is 18.6. The highest BCUT2D eigenvalue weighted by Gasteiger charge is 2.45. The molecule has 5 aromatic rings. The Hall–Kier alpha value is -5.74. The molecule has 16 nitrogen and oxygen atoms in total. The SMILES string of the molecule is Cc1ncsc1-c1ccc(CNC(=O)[C@@H]2C[C@@H](O)CN2C(=O)[C@@H](NC(=O)COCCOCCOCCOCC(=O)Nc2cc(F)c([C@@H]3c4[nH]c5ccccc5c4C[C@@H](C)N3CC(C)(C)F)c(F)c2)C(C)(C)C)cc1. The number of hydrogen-bond acceptors (Lipinski definition) is 12. The molecule has 0 radical (unpaired) electrons. The number of nitrogens with zero attached hydrogens (tertiary/aromatic N) is 3. The summed E-state index contributed by atoms with van der Waals surface area (Å²) in [6, 6.07) is 14.4. The number of aryl methyl sites for hydroxylation is 1. The molecular formula is C54H68F3N7O9S. The van der Waals surface area contributed by atoms with Gasteiger partial charge in [0, 0.05) is 59.9 Å². The van der Waals surface area contributed by atoms with Gasteiger partial charge in [0.05, 0.1) is 67.9 Å². The molecule has 1 fully saturated rings. The molecule has 0 saturated carbocycles. The van der Waals surface area contributed by atoms with Crippen molar-refractivity contribution in [2.75, 3.05) is 71.3 Å². The Morgan fingerprint density at radius 1 is 0.892 bits per heavy atom. The molecule has 4 amide bonds. The Morgan fingerprint density at radius 2 is 1.51 bits per heavy atom. The van der Waals surface area contributed by atoms with E-state index in [0.29, 0.717) is 12.1 Å². The Labute approximate surface area is 433 Å². The lowest BCUT2D eigenvalue weighted by atomic mass is 9.85. The summed E-state index contributed by atoms with van der Waals surface area (Å²) in [7, 11) is 0. The first-order chi connectivity index (χ1) is 35.2. The first-order valence-electron chi connectivity index (χ1n) is 24.9. The molecule has 0 spiro atoms. The van der Waals surface area contributed by atoms with Crippen molar-refractivity contribution in [2.45, 2.75) is 104 Å². The minimum atomic E-state index is -1.64. The minimum Gasteiger partial charge on any atom is -0.391 e. The number of amides is 4. The van der Waals surface area contributed by atoms with Crippen LogP contribution in [0.15, 0.2) is 66.2 Å². The molecule has 5 N–H and O–H groups in total. The summed E-state index contributed by atoms with van der Waals surface area (Å²) < 4.78 is 69.1. The van der Waals surface area contributed by atoms with E-state index in [2.05, 4.69) is 25.9 Å². The number of benzene rings is 3. The van der Waals surface area contributed by atoms with E-state index in [0.717, 1.165) is 50.3 Å². The predicted molar refractivity (Wildman–Crippen MR) is 275 cm³/mol. The second-order valence-electron chi connectivity index (χ2n) is 20.6. The van der Waals surface area contributed by atoms with E-state index in [4.69, 9.17) is 18.9 Å². The molecule has 0 aliphatic carbocycles. The molecule has 2 aromatic heterocycles. The number of aromatic nitrogens is 2. The first-order valence-corrected chi connectivity index (χ1v) is 25.8. The van der Waals surface area contributed by atoms with Crippen molar-refractivity contribution in [3.8, 4) is 10.4 Å². The van der Waals surface area contributed by atoms with Gasteiger partial charge < -0.3 is 49.9 Å². The molecular weight excluding hydrogens is 980 g/mol. The second kappa shape index (κ2) is 24.7. The number of rotatable bonds is 23. The van der Waals surface area contributed by atoms with Gasteiger partial charge in [-0.2, -0.15) is 0 Å². The Balaban J connectivity index is 0.774. The zero-order chi connectivity index (χ0) is 53.3. The smallest absolute Gasteiger partial charge is 0.250 e. The van der Waals surface area contributed by atoms with Crippen LogP contribution in [0.4, 0.5) is 18.9 Å². The van der Waals surface area contributed by atoms with Crippen molar-refractivity contribution in [1.29, 1.82) is 0 Å². The maximum atomic E-state index is 16.0. The number of likely N-dealkylation sites (tertiary alicyclic amines) is 1. The van der Waals surface area contributed by atoms with Gasteiger partial charge >= 0.3 is 0 Å². The number of para-hydroxylation sites is 1. The predicted octanol–water partition coefficient (Wildman–Crippen LogP) is 6.78. The summed E-state index contributed by atoms with van der Waals surface area (Å²) >= 11 is 1.56. The zero-order valence-electron chi connectivity index (χ0n) is 43.0. The van der Waals surface area contributed by atoms with E-state index in [-0.39, 0.29) is 89.6 Å². The third kappa shape index (κ3) is 14.3. The van der Waals surface area contributed by atoms with Gasteiger partial charge in [0.1, 0.15) is 42.6 Å². The first kappa shape index (κ1) is 56.0. The Bertz CT molecular complexity index is 2720. The maximum absolute atomic E-state index is 16.0. The maximum Gasteiger partial charge on any atom is 0.250 e. The molecule has 4 heterocycles. The fraction of sp³-hybridized carbons (Fsp3) is 0.500. The number of nitrogens with one attached hydrogen (secondary N) is 4. The number of fused-ring (bicyclic) bond motifs is 3. The number of carbonyl (C=O) groups is 4. The summed E-state index contributed by atoms with van der Waals surface area (Å²) in [4.78, 5) is 64.9. The summed E-state index contributed by atoms with van der Waals surface area (Å²) in [6.45, 7) is 12.3. The number of aliphatic hydroxyl groups is 1. The highest BCUT2D eigenvalue weighted by atomic mass is 32.1. The number of aromatic amines is 1. The third-order valence-corrected chi connectivity index (χ3v) is 14.0. The van der Waals surface area contributed by atoms with Crippen LogP contribution >= 0.6 is 11.3 Å². The molecule has 400 valence electrons. The van der Waals surface area contributed by atoms with Crippen molar-refractivity contribution in [2.24, 2.45) is 5.41 Å². The molecule has 2 aliphatic heterocycles. The van der Waals surface area contributed by atoms with Crippen molar-refractivity contribution >= 4 is 51.6 Å². The van der Waals surface area contributed by atoms with Crippen LogP contribution in [-0.2, 0) is 51.1 Å². The van der Waals surface area contributed by atoms with Gasteiger partial charge in [-0.1, -0.05) is 63.2 Å². The molecule has 2 aliphatic rings. The number of aliphatic hydroxyl groups excluding tert-OH is 1. The van der Waals surface area contributed by atoms with E-state index in [9.17, 15) is 24.3 Å². The number of halogens is 3. The van der Waals surface area contributed by atoms with Crippen LogP contribution < -0.4 is 16.0 Å². The average molecular weight is 1050 g/mol. The average Bonchev–Trinajstić information content (AvgIpc) is 4.06. The second-order valence-corrected chi connectivity index (χ2v) is 21.4. The largest absolute Gasteiger partial charge is 0.391 e. The Morgan fingerprint density at radius 3 is 2.12 bits per heavy atom. The minimum absolute atomic E-state index is 0.0499. The topological polar surface area (TPSA) is 197 Å². The van der Waals surface area contributed by atoms with Crippen molar-refractivity contribution in [3.63, 3.8) is 0 Å². The lowest BCUT2D eigenvalue weighted by Gasteiger charge is -2.43. The van der Waals surface area contributed by atoms with E-state index in [1.54, 1.807) is 42.5 Å². The van der Waals surface area contributed by atoms with Crippen molar-refractivity contribution < 1.29 is 56.4 Å². The molecule has 7 rings (SSSR count). The number of ether oxygens (including phenoxy) is 4. The number of β-amino-alcohol motifs (C(OH)–C–C–N with tert-alkyl or cyclic N) is 1. The molecule has 20 heteroatoms. The number of carbonyl (C=O) groups excluding carboxylic acids is 4. The molecule has 5 atom stereocenters. The lowest BCUT2D eigenvalue weighted by Crippen LogP contribution is -2.58. The van der Waals surface area contributed by atoms with Gasteiger partial charge in [-0.25, -0.2) is 18.2 Å². The lowest BCUT2D eigenvalue weighted by molar-refractivity contribution is -0.144. The fourth-order valence-corrected chi connectivity index (χ4v) is 10.3. The van der Waals surface area contributed by atoms with Gasteiger partial charge in [-0.05, 0) is 74.4 Å². The van der Waals surface area contributed by atoms with Crippen LogP contribution in [-0.4, -0.2) is 144 Å². The van der Waals surface area contributed by atoms with E-state index >= 15 is 13.2 Å². The standard InChI is InChI=1S/C54H68F3N7O9S/c1-32-22-39-38-10-8-9-11-42(38)61-47(39)48(64(32)30-54(6,7)57)46-40(55)23-36(24-41(46)56)60-44(66)28-72-20-18-70-16-17-71-19-21-73-29-45(67)62-50(53(3,4)5)52(69)63-27-37(65)25-43(63)51(68)58-26-34-12-14-35(15-13-34)49-33(2)59-31-74-49/h8-15,23-24,31-32,37,43,48,50,61,65H,16-22,25-30H2,1-7H3,(H,58,68)(H,60,66)(H,62,67)/t32-,37-,43+,48-,50-/m1/s1. The molecule has 0 bridgehead atoms. The number of H-pyrrole nitrogens is 1. The number of hydrogen-bond donors (Lipinski definition) is 5. The molecule has 3 aromatic carbocycles. The highest BCUT2D eigenvalue weighted by Crippen LogP contribution is 2.44. The van der Waals surface area contributed by atoms with Crippen LogP contribution in [0.2, 0.25) is 0 Å².